The minimum atomic E-state index is -0.0387. The number of anilines is 1. The van der Waals surface area contributed by atoms with Crippen molar-refractivity contribution in [3.05, 3.63) is 15.9 Å². The van der Waals surface area contributed by atoms with Gasteiger partial charge in [-0.2, -0.15) is 0 Å². The zero-order valence-electron chi connectivity index (χ0n) is 5.35. The fourth-order valence-corrected chi connectivity index (χ4v) is 1.95. The third-order valence-corrected chi connectivity index (χ3v) is 2.66. The smallest absolute Gasteiger partial charge is 0.221 e. The van der Waals surface area contributed by atoms with Crippen molar-refractivity contribution in [1.29, 1.82) is 0 Å². The second kappa shape index (κ2) is 3.16. The van der Waals surface area contributed by atoms with Gasteiger partial charge in [0.05, 0.1) is 4.47 Å². The van der Waals surface area contributed by atoms with Gasteiger partial charge in [-0.15, -0.1) is 11.3 Å². The summed E-state index contributed by atoms with van der Waals surface area (Å²) in [5, 5.41) is 5.47. The number of carbonyl (C=O) groups excluding carboxylic acids is 1. The molecule has 0 saturated carbocycles. The van der Waals surface area contributed by atoms with Crippen molar-refractivity contribution in [2.75, 3.05) is 5.32 Å². The average Bonchev–Trinajstić information content (AvgIpc) is 2.15. The largest absolute Gasteiger partial charge is 0.317 e. The Bertz CT molecular complexity index is 246. The van der Waals surface area contributed by atoms with E-state index in [9.17, 15) is 4.79 Å². The van der Waals surface area contributed by atoms with Crippen molar-refractivity contribution in [3.63, 3.8) is 0 Å². The molecule has 1 rings (SSSR count). The van der Waals surface area contributed by atoms with E-state index in [4.69, 9.17) is 0 Å². The molecule has 2 nitrogen and oxygen atoms in total. The molecule has 0 aliphatic carbocycles. The molecule has 0 fully saturated rings. The highest BCUT2D eigenvalue weighted by atomic mass is 79.9. The van der Waals surface area contributed by atoms with Gasteiger partial charge >= 0.3 is 0 Å². The van der Waals surface area contributed by atoms with Gasteiger partial charge in [-0.25, -0.2) is 0 Å². The van der Waals surface area contributed by atoms with Gasteiger partial charge < -0.3 is 5.32 Å². The first-order valence-corrected chi connectivity index (χ1v) is 4.38. The van der Waals surface area contributed by atoms with Crippen LogP contribution in [-0.2, 0) is 4.79 Å². The standard InChI is InChI=1S/C6H6BrNOS/c1-4(9)8-6-5(7)2-3-10-6/h2-3H,1H3,(H,8,9). The number of amides is 1. The first-order chi connectivity index (χ1) is 4.70. The maximum absolute atomic E-state index is 10.5. The molecule has 10 heavy (non-hydrogen) atoms. The Morgan fingerprint density at radius 3 is 2.90 bits per heavy atom. The summed E-state index contributed by atoms with van der Waals surface area (Å²) in [6.07, 6.45) is 0. The fraction of sp³-hybridized carbons (Fsp3) is 0.167. The first kappa shape index (κ1) is 7.75. The van der Waals surface area contributed by atoms with Gasteiger partial charge in [0.2, 0.25) is 5.91 Å². The lowest BCUT2D eigenvalue weighted by molar-refractivity contribution is -0.114. The van der Waals surface area contributed by atoms with E-state index in [0.29, 0.717) is 0 Å². The van der Waals surface area contributed by atoms with Crippen molar-refractivity contribution < 1.29 is 4.79 Å². The zero-order valence-corrected chi connectivity index (χ0v) is 7.75. The van der Waals surface area contributed by atoms with Crippen LogP contribution in [-0.4, -0.2) is 5.91 Å². The molecule has 0 radical (unpaired) electrons. The highest BCUT2D eigenvalue weighted by molar-refractivity contribution is 9.10. The van der Waals surface area contributed by atoms with E-state index in [2.05, 4.69) is 21.2 Å². The maximum Gasteiger partial charge on any atom is 0.221 e. The Morgan fingerprint density at radius 2 is 2.50 bits per heavy atom. The molecule has 0 aliphatic heterocycles. The van der Waals surface area contributed by atoms with E-state index in [1.165, 1.54) is 18.3 Å². The maximum atomic E-state index is 10.5. The van der Waals surface area contributed by atoms with E-state index < -0.39 is 0 Å². The first-order valence-electron chi connectivity index (χ1n) is 2.70. The molecule has 1 N–H and O–H groups in total. The molecule has 4 heteroatoms. The van der Waals surface area contributed by atoms with Gasteiger partial charge in [0.25, 0.3) is 0 Å². The Balaban J connectivity index is 2.74. The molecular formula is C6H6BrNOS. The SMILES string of the molecule is CC(=O)Nc1sccc1Br. The highest BCUT2D eigenvalue weighted by Gasteiger charge is 2.00. The number of nitrogens with one attached hydrogen (secondary N) is 1. The van der Waals surface area contributed by atoms with Crippen LogP contribution in [0.25, 0.3) is 0 Å². The van der Waals surface area contributed by atoms with E-state index in [1.54, 1.807) is 0 Å². The van der Waals surface area contributed by atoms with E-state index >= 15 is 0 Å². The summed E-state index contributed by atoms with van der Waals surface area (Å²) < 4.78 is 0.938. The minimum absolute atomic E-state index is 0.0387. The quantitative estimate of drug-likeness (QED) is 0.773. The topological polar surface area (TPSA) is 29.1 Å². The number of hydrogen-bond acceptors (Lipinski definition) is 2. The number of halogens is 1. The van der Waals surface area contributed by atoms with Crippen molar-refractivity contribution in [3.8, 4) is 0 Å². The third kappa shape index (κ3) is 1.82. The van der Waals surface area contributed by atoms with Crippen LogP contribution in [0.3, 0.4) is 0 Å². The monoisotopic (exact) mass is 219 g/mol. The molecule has 1 amide bonds. The lowest BCUT2D eigenvalue weighted by Crippen LogP contribution is -2.03. The van der Waals surface area contributed by atoms with Crippen LogP contribution < -0.4 is 5.32 Å². The Hall–Kier alpha value is -0.350. The van der Waals surface area contributed by atoms with E-state index in [0.717, 1.165) is 9.47 Å². The molecule has 0 unspecified atom stereocenters. The summed E-state index contributed by atoms with van der Waals surface area (Å²) in [7, 11) is 0. The summed E-state index contributed by atoms with van der Waals surface area (Å²) in [5.74, 6) is -0.0387. The van der Waals surface area contributed by atoms with E-state index in [-0.39, 0.29) is 5.91 Å². The van der Waals surface area contributed by atoms with Crippen LogP contribution in [0.1, 0.15) is 6.92 Å². The van der Waals surface area contributed by atoms with Gasteiger partial charge in [0.15, 0.2) is 0 Å². The summed E-state index contributed by atoms with van der Waals surface area (Å²) in [6, 6.07) is 1.90. The predicted molar refractivity (Wildman–Crippen MR) is 46.3 cm³/mol. The Kier molecular flexibility index (Phi) is 2.45. The van der Waals surface area contributed by atoms with Crippen molar-refractivity contribution in [2.24, 2.45) is 0 Å². The molecule has 0 spiro atoms. The molecule has 0 aliphatic rings. The third-order valence-electron chi connectivity index (χ3n) is 0.907. The Morgan fingerprint density at radius 1 is 1.80 bits per heavy atom. The number of thiophene rings is 1. The molecular weight excluding hydrogens is 214 g/mol. The summed E-state index contributed by atoms with van der Waals surface area (Å²) in [5.41, 5.74) is 0. The predicted octanol–water partition coefficient (Wildman–Crippen LogP) is 2.47. The second-order valence-electron chi connectivity index (χ2n) is 1.78. The lowest BCUT2D eigenvalue weighted by atomic mass is 10.6. The van der Waals surface area contributed by atoms with E-state index in [1.807, 2.05) is 11.4 Å². The molecule has 54 valence electrons. The number of hydrogen-bond donors (Lipinski definition) is 1. The van der Waals surface area contributed by atoms with Crippen molar-refractivity contribution >= 4 is 38.2 Å². The van der Waals surface area contributed by atoms with Gasteiger partial charge in [0, 0.05) is 6.92 Å². The molecule has 0 bridgehead atoms. The zero-order chi connectivity index (χ0) is 7.56. The highest BCUT2D eigenvalue weighted by Crippen LogP contribution is 2.27. The van der Waals surface area contributed by atoms with Crippen LogP contribution in [0, 0.1) is 0 Å². The van der Waals surface area contributed by atoms with Crippen LogP contribution in [0.2, 0.25) is 0 Å². The summed E-state index contributed by atoms with van der Waals surface area (Å²) in [6.45, 7) is 1.49. The van der Waals surface area contributed by atoms with Gasteiger partial charge in [-0.05, 0) is 27.4 Å². The average molecular weight is 220 g/mol. The fourth-order valence-electron chi connectivity index (χ4n) is 0.543. The Labute approximate surface area is 71.4 Å². The molecule has 1 aromatic rings. The number of rotatable bonds is 1. The van der Waals surface area contributed by atoms with Crippen LogP contribution in [0.5, 0.6) is 0 Å². The molecule has 1 aromatic heterocycles. The van der Waals surface area contributed by atoms with Gasteiger partial charge in [-0.1, -0.05) is 0 Å². The molecule has 0 saturated heterocycles. The number of carbonyl (C=O) groups is 1. The summed E-state index contributed by atoms with van der Waals surface area (Å²) >= 11 is 4.79. The lowest BCUT2D eigenvalue weighted by Gasteiger charge is -1.95. The summed E-state index contributed by atoms with van der Waals surface area (Å²) in [4.78, 5) is 10.5. The van der Waals surface area contributed by atoms with Crippen LogP contribution in [0.4, 0.5) is 5.00 Å². The van der Waals surface area contributed by atoms with Crippen LogP contribution in [0.15, 0.2) is 15.9 Å². The molecule has 0 aromatic carbocycles. The van der Waals surface area contributed by atoms with Crippen molar-refractivity contribution in [1.82, 2.24) is 0 Å². The minimum Gasteiger partial charge on any atom is -0.317 e. The van der Waals surface area contributed by atoms with Gasteiger partial charge in [-0.3, -0.25) is 4.79 Å². The normalized spacial score (nSPS) is 9.40. The van der Waals surface area contributed by atoms with Gasteiger partial charge in [0.1, 0.15) is 5.00 Å². The van der Waals surface area contributed by atoms with Crippen LogP contribution >= 0.6 is 27.3 Å². The van der Waals surface area contributed by atoms with Crippen molar-refractivity contribution in [2.45, 2.75) is 6.92 Å². The molecule has 0 atom stereocenters. The molecule has 1 heterocycles. The second-order valence-corrected chi connectivity index (χ2v) is 3.55.